The van der Waals surface area contributed by atoms with Crippen molar-refractivity contribution in [3.63, 3.8) is 0 Å². The van der Waals surface area contributed by atoms with Crippen LogP contribution in [0.4, 0.5) is 0 Å². The highest BCUT2D eigenvalue weighted by Gasteiger charge is 2.24. The predicted molar refractivity (Wildman–Crippen MR) is 117 cm³/mol. The van der Waals surface area contributed by atoms with Gasteiger partial charge in [-0.15, -0.1) is 0 Å². The Kier molecular flexibility index (Phi) is 9.94. The molecule has 166 valence electrons. The lowest BCUT2D eigenvalue weighted by molar-refractivity contribution is -0.124. The van der Waals surface area contributed by atoms with Crippen molar-refractivity contribution >= 4 is 29.3 Å². The fourth-order valence-corrected chi connectivity index (χ4v) is 3.27. The zero-order valence-corrected chi connectivity index (χ0v) is 18.5. The van der Waals surface area contributed by atoms with E-state index in [1.54, 1.807) is 12.1 Å². The SMILES string of the molecule is CC(C)CCNC(=O)[C@@H]1CCC(=O)NCCCCCOc2ccc(Cl)cc2C(=O)N1. The van der Waals surface area contributed by atoms with Gasteiger partial charge >= 0.3 is 0 Å². The minimum atomic E-state index is -0.827. The Hall–Kier alpha value is -2.28. The Balaban J connectivity index is 2.18. The molecule has 0 saturated heterocycles. The molecule has 1 aromatic rings. The number of carbonyl (C=O) groups is 3. The Bertz CT molecular complexity index is 739. The number of fused-ring (bicyclic) bond motifs is 1. The Morgan fingerprint density at radius 3 is 2.83 bits per heavy atom. The molecule has 1 aliphatic heterocycles. The number of nitrogens with one attached hydrogen (secondary N) is 3. The van der Waals surface area contributed by atoms with Crippen molar-refractivity contribution in [2.75, 3.05) is 19.7 Å². The van der Waals surface area contributed by atoms with E-state index in [1.165, 1.54) is 6.07 Å². The first kappa shape index (κ1) is 24.0. The summed E-state index contributed by atoms with van der Waals surface area (Å²) < 4.78 is 5.79. The van der Waals surface area contributed by atoms with Gasteiger partial charge in [0.1, 0.15) is 11.8 Å². The normalized spacial score (nSPS) is 18.9. The lowest BCUT2D eigenvalue weighted by atomic mass is 10.1. The van der Waals surface area contributed by atoms with Crippen molar-refractivity contribution in [1.29, 1.82) is 0 Å². The second-order valence-corrected chi connectivity index (χ2v) is 8.37. The molecule has 0 bridgehead atoms. The Labute approximate surface area is 183 Å². The summed E-state index contributed by atoms with van der Waals surface area (Å²) in [5.74, 6) is 0.000836. The summed E-state index contributed by atoms with van der Waals surface area (Å²) in [4.78, 5) is 37.8. The highest BCUT2D eigenvalue weighted by Crippen LogP contribution is 2.23. The largest absolute Gasteiger partial charge is 0.493 e. The minimum absolute atomic E-state index is 0.126. The number of rotatable bonds is 4. The third-order valence-electron chi connectivity index (χ3n) is 4.89. The molecule has 30 heavy (non-hydrogen) atoms. The molecule has 0 fully saturated rings. The maximum atomic E-state index is 12.9. The number of benzene rings is 1. The minimum Gasteiger partial charge on any atom is -0.493 e. The quantitative estimate of drug-likeness (QED) is 0.674. The van der Waals surface area contributed by atoms with Crippen LogP contribution in [-0.2, 0) is 9.59 Å². The lowest BCUT2D eigenvalue weighted by Crippen LogP contribution is -2.47. The molecule has 0 spiro atoms. The molecule has 0 aromatic heterocycles. The van der Waals surface area contributed by atoms with Crippen LogP contribution in [0.2, 0.25) is 5.02 Å². The molecule has 1 atom stereocenters. The van der Waals surface area contributed by atoms with Crippen molar-refractivity contribution < 1.29 is 19.1 Å². The lowest BCUT2D eigenvalue weighted by Gasteiger charge is -2.20. The number of hydrogen-bond acceptors (Lipinski definition) is 4. The van der Waals surface area contributed by atoms with E-state index in [0.29, 0.717) is 36.4 Å². The van der Waals surface area contributed by atoms with Gasteiger partial charge in [-0.3, -0.25) is 14.4 Å². The summed E-state index contributed by atoms with van der Waals surface area (Å²) in [5.41, 5.74) is 0.279. The van der Waals surface area contributed by atoms with Crippen LogP contribution in [0.15, 0.2) is 18.2 Å². The number of halogens is 1. The van der Waals surface area contributed by atoms with Crippen LogP contribution in [0, 0.1) is 5.92 Å². The molecule has 0 unspecified atom stereocenters. The van der Waals surface area contributed by atoms with E-state index in [1.807, 2.05) is 0 Å². The number of ether oxygens (including phenoxy) is 1. The molecule has 1 aliphatic rings. The highest BCUT2D eigenvalue weighted by atomic mass is 35.5. The summed E-state index contributed by atoms with van der Waals surface area (Å²) >= 11 is 6.09. The van der Waals surface area contributed by atoms with Crippen LogP contribution in [0.5, 0.6) is 5.75 Å². The summed E-state index contributed by atoms with van der Waals surface area (Å²) in [6, 6.07) is 4.04. The predicted octanol–water partition coefficient (Wildman–Crippen LogP) is 3.06. The van der Waals surface area contributed by atoms with Crippen molar-refractivity contribution in [2.24, 2.45) is 5.92 Å². The molecule has 0 aliphatic carbocycles. The second kappa shape index (κ2) is 12.4. The van der Waals surface area contributed by atoms with Crippen LogP contribution in [-0.4, -0.2) is 43.5 Å². The maximum absolute atomic E-state index is 12.9. The average Bonchev–Trinajstić information content (AvgIpc) is 2.70. The van der Waals surface area contributed by atoms with Gasteiger partial charge in [0.25, 0.3) is 5.91 Å². The van der Waals surface area contributed by atoms with Crippen molar-refractivity contribution in [1.82, 2.24) is 16.0 Å². The van der Waals surface area contributed by atoms with Gasteiger partial charge in [-0.1, -0.05) is 25.4 Å². The molecule has 3 amide bonds. The van der Waals surface area contributed by atoms with E-state index in [9.17, 15) is 14.4 Å². The summed E-state index contributed by atoms with van der Waals surface area (Å²) in [6.45, 7) is 5.70. The number of amides is 3. The van der Waals surface area contributed by atoms with Gasteiger partial charge in [0.2, 0.25) is 11.8 Å². The summed E-state index contributed by atoms with van der Waals surface area (Å²) in [5, 5.41) is 8.88. The van der Waals surface area contributed by atoms with Crippen molar-refractivity contribution in [3.05, 3.63) is 28.8 Å². The maximum Gasteiger partial charge on any atom is 0.255 e. The van der Waals surface area contributed by atoms with Gasteiger partial charge in [-0.25, -0.2) is 0 Å². The van der Waals surface area contributed by atoms with Gasteiger partial charge < -0.3 is 20.7 Å². The third-order valence-corrected chi connectivity index (χ3v) is 5.12. The van der Waals surface area contributed by atoms with Gasteiger partial charge in [-0.05, 0) is 56.2 Å². The summed E-state index contributed by atoms with van der Waals surface area (Å²) in [6.07, 6.45) is 3.75. The van der Waals surface area contributed by atoms with Crippen molar-refractivity contribution in [2.45, 2.75) is 58.4 Å². The molecular weight excluding hydrogens is 406 g/mol. The summed E-state index contributed by atoms with van der Waals surface area (Å²) in [7, 11) is 0. The monoisotopic (exact) mass is 437 g/mol. The first-order chi connectivity index (χ1) is 14.4. The van der Waals surface area contributed by atoms with Gasteiger partial charge in [0, 0.05) is 24.5 Å². The fourth-order valence-electron chi connectivity index (χ4n) is 3.10. The van der Waals surface area contributed by atoms with Gasteiger partial charge in [0.15, 0.2) is 0 Å². The van der Waals surface area contributed by atoms with Gasteiger partial charge in [-0.2, -0.15) is 0 Å². The second-order valence-electron chi connectivity index (χ2n) is 7.94. The van der Waals surface area contributed by atoms with Crippen LogP contribution in [0.25, 0.3) is 0 Å². The number of carbonyl (C=O) groups excluding carboxylic acids is 3. The smallest absolute Gasteiger partial charge is 0.255 e. The van der Waals surface area contributed by atoms with E-state index in [0.717, 1.165) is 25.7 Å². The molecule has 8 heteroatoms. The first-order valence-electron chi connectivity index (χ1n) is 10.6. The first-order valence-corrected chi connectivity index (χ1v) is 11.0. The van der Waals surface area contributed by atoms with Crippen LogP contribution in [0.1, 0.15) is 62.7 Å². The van der Waals surface area contributed by atoms with E-state index >= 15 is 0 Å². The Morgan fingerprint density at radius 2 is 2.07 bits per heavy atom. The molecule has 2 rings (SSSR count). The standard InChI is InChI=1S/C22H32ClN3O4/c1-15(2)10-12-25-22(29)18-7-9-20(27)24-11-4-3-5-13-30-19-8-6-16(23)14-17(19)21(28)26-18/h6,8,14-15,18H,3-5,7,9-13H2,1-2H3,(H,24,27)(H,25,29)(H,26,28)/t18-/m0/s1. The zero-order valence-electron chi connectivity index (χ0n) is 17.8. The van der Waals surface area contributed by atoms with Crippen molar-refractivity contribution in [3.8, 4) is 5.75 Å². The topological polar surface area (TPSA) is 96.5 Å². The number of hydrogen-bond donors (Lipinski definition) is 3. The molecule has 1 aromatic carbocycles. The van der Waals surface area contributed by atoms with Crippen LogP contribution < -0.4 is 20.7 Å². The van der Waals surface area contributed by atoms with E-state index in [4.69, 9.17) is 16.3 Å². The average molecular weight is 438 g/mol. The molecule has 1 heterocycles. The Morgan fingerprint density at radius 1 is 1.27 bits per heavy atom. The van der Waals surface area contributed by atoms with Crippen LogP contribution >= 0.6 is 11.6 Å². The van der Waals surface area contributed by atoms with E-state index in [2.05, 4.69) is 29.8 Å². The van der Waals surface area contributed by atoms with E-state index < -0.39 is 11.9 Å². The molecule has 7 nitrogen and oxygen atoms in total. The van der Waals surface area contributed by atoms with Crippen LogP contribution in [0.3, 0.4) is 0 Å². The highest BCUT2D eigenvalue weighted by molar-refractivity contribution is 6.31. The molecule has 0 saturated carbocycles. The molecule has 0 radical (unpaired) electrons. The van der Waals surface area contributed by atoms with Gasteiger partial charge in [0.05, 0.1) is 12.2 Å². The third kappa shape index (κ3) is 8.22. The molecule has 3 N–H and O–H groups in total. The zero-order chi connectivity index (χ0) is 21.9. The van der Waals surface area contributed by atoms with E-state index in [-0.39, 0.29) is 30.2 Å². The fraction of sp³-hybridized carbons (Fsp3) is 0.591. The molecular formula is C22H32ClN3O4.